The third-order valence-corrected chi connectivity index (χ3v) is 10.5. The van der Waals surface area contributed by atoms with Gasteiger partial charge in [-0.15, -0.1) is 0 Å². The molecule has 0 amide bonds. The van der Waals surface area contributed by atoms with Crippen LogP contribution in [0.1, 0.15) is 11.1 Å². The molecule has 0 bridgehead atoms. The van der Waals surface area contributed by atoms with Gasteiger partial charge in [0.2, 0.25) is 11.9 Å². The summed E-state index contributed by atoms with van der Waals surface area (Å²) >= 11 is 0. The highest BCUT2D eigenvalue weighted by Gasteiger charge is 2.51. The van der Waals surface area contributed by atoms with Crippen LogP contribution < -0.4 is 14.5 Å². The Balaban J connectivity index is 0.957. The van der Waals surface area contributed by atoms with Crippen molar-refractivity contribution in [3.63, 3.8) is 0 Å². The molecule has 4 aliphatic rings. The Kier molecular flexibility index (Phi) is 6.71. The molecule has 10 rings (SSSR count). The van der Waals surface area contributed by atoms with Gasteiger partial charge in [0.05, 0.1) is 48.6 Å². The van der Waals surface area contributed by atoms with Crippen molar-refractivity contribution in [2.75, 3.05) is 49.3 Å². The molecule has 0 aliphatic carbocycles. The zero-order valence-electron chi connectivity index (χ0n) is 27.3. The molecule has 4 aromatic carbocycles. The SMILES string of the molecule is Fc1ccccc1-c1cnc(N2CC3(COC3)c3ccc(Oc4ccc5c(c4)N(c4ncc(-c6ccccc6F)cn4)CC54COC4)cc32)nc1. The minimum absolute atomic E-state index is 0.156. The Morgan fingerprint density at radius 3 is 1.33 bits per heavy atom. The number of aromatic nitrogens is 4. The lowest BCUT2D eigenvalue weighted by Crippen LogP contribution is -2.49. The Bertz CT molecular complexity index is 2150. The third-order valence-electron chi connectivity index (χ3n) is 10.5. The van der Waals surface area contributed by atoms with E-state index < -0.39 is 0 Å². The summed E-state index contributed by atoms with van der Waals surface area (Å²) in [6.45, 7) is 3.77. The molecular formula is C40H30F2N6O3. The van der Waals surface area contributed by atoms with Gasteiger partial charge in [-0.25, -0.2) is 28.7 Å². The molecule has 2 fully saturated rings. The summed E-state index contributed by atoms with van der Waals surface area (Å²) in [6, 6.07) is 25.4. The predicted molar refractivity (Wildman–Crippen MR) is 187 cm³/mol. The summed E-state index contributed by atoms with van der Waals surface area (Å²) in [6.07, 6.45) is 6.65. The van der Waals surface area contributed by atoms with E-state index >= 15 is 0 Å². The molecule has 6 aromatic rings. The molecule has 0 unspecified atom stereocenters. The van der Waals surface area contributed by atoms with Crippen molar-refractivity contribution >= 4 is 23.3 Å². The van der Waals surface area contributed by atoms with Crippen LogP contribution in [0.3, 0.4) is 0 Å². The van der Waals surface area contributed by atoms with Crippen molar-refractivity contribution in [2.45, 2.75) is 10.8 Å². The lowest BCUT2D eigenvalue weighted by molar-refractivity contribution is -0.0507. The number of fused-ring (bicyclic) bond motifs is 4. The molecule has 2 saturated heterocycles. The molecule has 0 saturated carbocycles. The van der Waals surface area contributed by atoms with E-state index in [0.29, 0.717) is 85.2 Å². The van der Waals surface area contributed by atoms with E-state index in [0.717, 1.165) is 22.5 Å². The van der Waals surface area contributed by atoms with E-state index in [1.54, 1.807) is 61.2 Å². The fourth-order valence-electron chi connectivity index (χ4n) is 7.71. The van der Waals surface area contributed by atoms with Crippen LogP contribution in [0.15, 0.2) is 110 Å². The Hall–Kier alpha value is -5.78. The highest BCUT2D eigenvalue weighted by Crippen LogP contribution is 2.51. The predicted octanol–water partition coefficient (Wildman–Crippen LogP) is 7.51. The normalized spacial score (nSPS) is 17.6. The molecular weight excluding hydrogens is 650 g/mol. The number of anilines is 4. The van der Waals surface area contributed by atoms with Gasteiger partial charge < -0.3 is 24.0 Å². The second-order valence-corrected chi connectivity index (χ2v) is 13.7. The molecule has 0 atom stereocenters. The zero-order chi connectivity index (χ0) is 34.2. The monoisotopic (exact) mass is 680 g/mol. The zero-order valence-corrected chi connectivity index (χ0v) is 27.3. The molecule has 51 heavy (non-hydrogen) atoms. The van der Waals surface area contributed by atoms with Crippen molar-refractivity contribution in [2.24, 2.45) is 0 Å². The molecule has 11 heteroatoms. The topological polar surface area (TPSA) is 85.7 Å². The van der Waals surface area contributed by atoms with Gasteiger partial charge >= 0.3 is 0 Å². The number of halogens is 2. The van der Waals surface area contributed by atoms with Crippen molar-refractivity contribution < 1.29 is 23.0 Å². The minimum atomic E-state index is -0.316. The third kappa shape index (κ3) is 4.79. The molecule has 2 aromatic heterocycles. The molecule has 0 N–H and O–H groups in total. The largest absolute Gasteiger partial charge is 0.457 e. The number of hydrogen-bond donors (Lipinski definition) is 0. The fourth-order valence-corrected chi connectivity index (χ4v) is 7.71. The van der Waals surface area contributed by atoms with Crippen molar-refractivity contribution in [1.29, 1.82) is 0 Å². The second kappa shape index (κ2) is 11.4. The second-order valence-electron chi connectivity index (χ2n) is 13.7. The summed E-state index contributed by atoms with van der Waals surface area (Å²) in [5.41, 5.74) is 6.05. The molecule has 2 spiro atoms. The van der Waals surface area contributed by atoms with Gasteiger partial charge in [0.25, 0.3) is 0 Å². The first-order valence-electron chi connectivity index (χ1n) is 16.8. The molecule has 4 aliphatic heterocycles. The number of nitrogens with zero attached hydrogens (tertiary/aromatic N) is 6. The maximum Gasteiger partial charge on any atom is 0.229 e. The number of benzene rings is 4. The van der Waals surface area contributed by atoms with Crippen LogP contribution in [-0.4, -0.2) is 59.5 Å². The maximum atomic E-state index is 14.5. The first kappa shape index (κ1) is 30.1. The highest BCUT2D eigenvalue weighted by molar-refractivity contribution is 5.75. The van der Waals surface area contributed by atoms with E-state index in [2.05, 4.69) is 41.9 Å². The summed E-state index contributed by atoms with van der Waals surface area (Å²) < 4.78 is 46.8. The standard InChI is InChI=1S/C40H30F2N6O3/c41-33-7-3-1-5-29(33)25-15-43-37(44-16-25)47-19-39(21-49-22-39)31-11-9-27(13-35(31)47)51-28-10-12-32-36(14-28)48(20-40(32)23-50-24-40)38-45-17-26(18-46-38)30-6-2-4-8-34(30)42/h1-18H,19-24H2. The lowest BCUT2D eigenvalue weighted by atomic mass is 9.80. The van der Waals surface area contributed by atoms with Crippen LogP contribution in [0.2, 0.25) is 0 Å². The number of hydrogen-bond acceptors (Lipinski definition) is 9. The van der Waals surface area contributed by atoms with Crippen LogP contribution >= 0.6 is 0 Å². The molecule has 0 radical (unpaired) electrons. The summed E-state index contributed by atoms with van der Waals surface area (Å²) in [5, 5.41) is 0. The Labute approximate surface area is 292 Å². The Morgan fingerprint density at radius 2 is 0.961 bits per heavy atom. The summed E-state index contributed by atoms with van der Waals surface area (Å²) in [7, 11) is 0. The van der Waals surface area contributed by atoms with Gasteiger partial charge in [-0.3, -0.25) is 0 Å². The van der Waals surface area contributed by atoms with Crippen LogP contribution in [0.5, 0.6) is 11.5 Å². The van der Waals surface area contributed by atoms with Crippen LogP contribution in [0.25, 0.3) is 22.3 Å². The maximum absolute atomic E-state index is 14.5. The van der Waals surface area contributed by atoms with Gasteiger partial charge in [0.15, 0.2) is 0 Å². The van der Waals surface area contributed by atoms with Gasteiger partial charge in [0.1, 0.15) is 23.1 Å². The summed E-state index contributed by atoms with van der Waals surface area (Å²) in [4.78, 5) is 22.8. The highest BCUT2D eigenvalue weighted by atomic mass is 19.1. The molecule has 6 heterocycles. The van der Waals surface area contributed by atoms with E-state index in [-0.39, 0.29) is 22.5 Å². The number of ether oxygens (including phenoxy) is 3. The average Bonchev–Trinajstić information content (AvgIpc) is 3.67. The van der Waals surface area contributed by atoms with Crippen LogP contribution in [-0.2, 0) is 20.3 Å². The quantitative estimate of drug-likeness (QED) is 0.177. The number of rotatable bonds is 6. The van der Waals surface area contributed by atoms with E-state index in [9.17, 15) is 8.78 Å². The molecule has 252 valence electrons. The van der Waals surface area contributed by atoms with E-state index in [4.69, 9.17) is 14.2 Å². The van der Waals surface area contributed by atoms with Crippen LogP contribution in [0, 0.1) is 11.6 Å². The van der Waals surface area contributed by atoms with Crippen molar-refractivity contribution in [1.82, 2.24) is 19.9 Å². The lowest BCUT2D eigenvalue weighted by Gasteiger charge is -2.38. The van der Waals surface area contributed by atoms with Gasteiger partial charge in [-0.1, -0.05) is 48.5 Å². The van der Waals surface area contributed by atoms with E-state index in [1.807, 2.05) is 24.3 Å². The smallest absolute Gasteiger partial charge is 0.229 e. The first-order chi connectivity index (χ1) is 25.0. The van der Waals surface area contributed by atoms with Crippen LogP contribution in [0.4, 0.5) is 32.1 Å². The molecule has 9 nitrogen and oxygen atoms in total. The van der Waals surface area contributed by atoms with Gasteiger partial charge in [-0.2, -0.15) is 0 Å². The van der Waals surface area contributed by atoms with Crippen molar-refractivity contribution in [3.05, 3.63) is 132 Å². The Morgan fingerprint density at radius 1 is 0.549 bits per heavy atom. The van der Waals surface area contributed by atoms with Gasteiger partial charge in [0, 0.05) is 72.3 Å². The fraction of sp³-hybridized carbons (Fsp3) is 0.200. The van der Waals surface area contributed by atoms with Gasteiger partial charge in [-0.05, 0) is 35.4 Å². The average molecular weight is 681 g/mol. The van der Waals surface area contributed by atoms with Crippen molar-refractivity contribution in [3.8, 4) is 33.8 Å². The minimum Gasteiger partial charge on any atom is -0.457 e. The first-order valence-corrected chi connectivity index (χ1v) is 16.8. The van der Waals surface area contributed by atoms with E-state index in [1.165, 1.54) is 12.1 Å². The summed E-state index contributed by atoms with van der Waals surface area (Å²) in [5.74, 6) is 1.75.